The summed E-state index contributed by atoms with van der Waals surface area (Å²) < 4.78 is 0. The molecule has 0 bridgehead atoms. The third kappa shape index (κ3) is 4.65. The second-order valence-corrected chi connectivity index (χ2v) is 10.2. The van der Waals surface area contributed by atoms with Gasteiger partial charge in [-0.2, -0.15) is 9.97 Å². The maximum Gasteiger partial charge on any atom is 0.229 e. The summed E-state index contributed by atoms with van der Waals surface area (Å²) in [4.78, 5) is 24.5. The van der Waals surface area contributed by atoms with Crippen molar-refractivity contribution in [2.75, 3.05) is 58.9 Å². The molecule has 2 aromatic heterocycles. The normalized spacial score (nSPS) is 23.6. The number of aromatic nitrogens is 3. The van der Waals surface area contributed by atoms with Crippen LogP contribution in [0.25, 0.3) is 0 Å². The Morgan fingerprint density at radius 2 is 1.65 bits per heavy atom. The van der Waals surface area contributed by atoms with Gasteiger partial charge in [0.2, 0.25) is 5.95 Å². The second-order valence-electron chi connectivity index (χ2n) is 10.2. The largest absolute Gasteiger partial charge is 0.392 e. The average Bonchev–Trinajstić information content (AvgIpc) is 3.30. The van der Waals surface area contributed by atoms with Gasteiger partial charge in [0.1, 0.15) is 17.5 Å². The lowest BCUT2D eigenvalue weighted by Crippen LogP contribution is -2.53. The molecule has 3 saturated heterocycles. The van der Waals surface area contributed by atoms with Crippen LogP contribution in [0, 0.1) is 6.92 Å². The van der Waals surface area contributed by atoms with Crippen LogP contribution in [0.2, 0.25) is 0 Å². The van der Waals surface area contributed by atoms with Crippen molar-refractivity contribution in [2.24, 2.45) is 0 Å². The van der Waals surface area contributed by atoms with Gasteiger partial charge in [-0.25, -0.2) is 4.98 Å². The van der Waals surface area contributed by atoms with E-state index in [1.165, 1.54) is 32.1 Å². The molecule has 3 aliphatic heterocycles. The minimum atomic E-state index is 0.0311. The van der Waals surface area contributed by atoms with Crippen molar-refractivity contribution >= 4 is 23.4 Å². The Hall–Kier alpha value is -2.61. The van der Waals surface area contributed by atoms with E-state index in [9.17, 15) is 5.11 Å². The molecule has 5 rings (SSSR count). The van der Waals surface area contributed by atoms with Crippen LogP contribution in [0.4, 0.5) is 23.4 Å². The number of hydrogen-bond donors (Lipinski definition) is 1. The number of rotatable bonds is 5. The molecule has 5 heterocycles. The number of pyridine rings is 1. The molecule has 2 atom stereocenters. The number of hydrogen-bond acceptors (Lipinski definition) is 8. The summed E-state index contributed by atoms with van der Waals surface area (Å²) in [5, 5.41) is 9.42. The van der Waals surface area contributed by atoms with E-state index in [1.807, 2.05) is 6.07 Å². The highest BCUT2D eigenvalue weighted by molar-refractivity contribution is 5.58. The molecule has 1 N–H and O–H groups in total. The van der Waals surface area contributed by atoms with E-state index in [0.717, 1.165) is 73.8 Å². The van der Waals surface area contributed by atoms with Crippen LogP contribution >= 0.6 is 0 Å². The molecule has 2 aromatic rings. The number of anilines is 4. The summed E-state index contributed by atoms with van der Waals surface area (Å²) in [6.07, 6.45) is 8.01. The maximum absolute atomic E-state index is 9.42. The summed E-state index contributed by atoms with van der Waals surface area (Å²) in [6.45, 7) is 12.6. The Kier molecular flexibility index (Phi) is 6.77. The molecule has 184 valence electrons. The Bertz CT molecular complexity index is 993. The van der Waals surface area contributed by atoms with E-state index in [2.05, 4.69) is 51.4 Å². The van der Waals surface area contributed by atoms with Crippen LogP contribution in [0.15, 0.2) is 18.3 Å². The zero-order valence-electron chi connectivity index (χ0n) is 20.9. The fourth-order valence-electron chi connectivity index (χ4n) is 5.73. The second kappa shape index (κ2) is 9.94. The average molecular weight is 466 g/mol. The summed E-state index contributed by atoms with van der Waals surface area (Å²) in [6, 6.07) is 5.06. The molecule has 0 radical (unpaired) electrons. The zero-order valence-corrected chi connectivity index (χ0v) is 20.9. The van der Waals surface area contributed by atoms with E-state index in [1.54, 1.807) is 6.20 Å². The fourth-order valence-corrected chi connectivity index (χ4v) is 5.73. The van der Waals surface area contributed by atoms with Crippen molar-refractivity contribution < 1.29 is 5.11 Å². The van der Waals surface area contributed by atoms with Gasteiger partial charge in [0, 0.05) is 63.6 Å². The number of nitrogens with zero attached hydrogens (tertiary/aromatic N) is 7. The molecule has 8 heteroatoms. The quantitative estimate of drug-likeness (QED) is 0.721. The molecule has 0 amide bonds. The predicted molar refractivity (Wildman–Crippen MR) is 138 cm³/mol. The zero-order chi connectivity index (χ0) is 23.7. The van der Waals surface area contributed by atoms with Crippen LogP contribution in [0.5, 0.6) is 0 Å². The first kappa shape index (κ1) is 23.1. The molecule has 3 aliphatic rings. The Labute approximate surface area is 203 Å². The highest BCUT2D eigenvalue weighted by Gasteiger charge is 2.30. The van der Waals surface area contributed by atoms with Gasteiger partial charge in [-0.1, -0.05) is 0 Å². The van der Waals surface area contributed by atoms with Gasteiger partial charge < -0.3 is 24.7 Å². The molecule has 0 aromatic carbocycles. The SMILES string of the molecule is Cc1cc(CO)cnc1N1CCN(c2cc(N3CCCCC3)nc(N3CCCC3C)n2)[C@H](C)C1. The number of piperidine rings is 1. The summed E-state index contributed by atoms with van der Waals surface area (Å²) in [7, 11) is 0. The Morgan fingerprint density at radius 3 is 2.32 bits per heavy atom. The molecule has 0 spiro atoms. The number of aliphatic hydroxyl groups is 1. The predicted octanol–water partition coefficient (Wildman–Crippen LogP) is 3.37. The summed E-state index contributed by atoms with van der Waals surface area (Å²) in [5.74, 6) is 4.06. The number of piperazine rings is 1. The molecule has 34 heavy (non-hydrogen) atoms. The molecular formula is C26H39N7O. The molecule has 8 nitrogen and oxygen atoms in total. The minimum Gasteiger partial charge on any atom is -0.392 e. The smallest absolute Gasteiger partial charge is 0.229 e. The maximum atomic E-state index is 9.42. The van der Waals surface area contributed by atoms with Crippen molar-refractivity contribution in [1.82, 2.24) is 15.0 Å². The molecule has 3 fully saturated rings. The van der Waals surface area contributed by atoms with Gasteiger partial charge in [-0.15, -0.1) is 0 Å². The third-order valence-electron chi connectivity index (χ3n) is 7.69. The first-order valence-electron chi connectivity index (χ1n) is 13.0. The lowest BCUT2D eigenvalue weighted by atomic mass is 10.1. The Balaban J connectivity index is 1.40. The van der Waals surface area contributed by atoms with Gasteiger partial charge in [-0.3, -0.25) is 0 Å². The van der Waals surface area contributed by atoms with Gasteiger partial charge in [0.05, 0.1) is 6.61 Å². The van der Waals surface area contributed by atoms with E-state index < -0.39 is 0 Å². The third-order valence-corrected chi connectivity index (χ3v) is 7.69. The van der Waals surface area contributed by atoms with Crippen molar-refractivity contribution in [3.05, 3.63) is 29.5 Å². The highest BCUT2D eigenvalue weighted by atomic mass is 16.3. The lowest BCUT2D eigenvalue weighted by Gasteiger charge is -2.42. The first-order chi connectivity index (χ1) is 16.5. The fraction of sp³-hybridized carbons (Fsp3) is 0.654. The van der Waals surface area contributed by atoms with Crippen molar-refractivity contribution in [2.45, 2.75) is 71.6 Å². The molecule has 0 saturated carbocycles. The monoisotopic (exact) mass is 465 g/mol. The van der Waals surface area contributed by atoms with Crippen LogP contribution in [0.3, 0.4) is 0 Å². The summed E-state index contributed by atoms with van der Waals surface area (Å²) in [5.41, 5.74) is 1.98. The minimum absolute atomic E-state index is 0.0311. The number of aryl methyl sites for hydroxylation is 1. The van der Waals surface area contributed by atoms with Crippen LogP contribution in [0.1, 0.15) is 57.1 Å². The number of aliphatic hydroxyl groups excluding tert-OH is 1. The summed E-state index contributed by atoms with van der Waals surface area (Å²) >= 11 is 0. The molecular weight excluding hydrogens is 426 g/mol. The van der Waals surface area contributed by atoms with E-state index in [0.29, 0.717) is 12.1 Å². The standard InChI is InChI=1S/C26H39N7O/c1-19-14-22(18-34)16-27-25(19)31-12-13-32(21(3)17-31)24-15-23(30-9-5-4-6-10-30)28-26(29-24)33-11-7-8-20(33)2/h14-16,20-21,34H,4-13,17-18H2,1-3H3/t20?,21-/m1/s1. The highest BCUT2D eigenvalue weighted by Crippen LogP contribution is 2.31. The van der Waals surface area contributed by atoms with Crippen LogP contribution in [-0.2, 0) is 6.61 Å². The van der Waals surface area contributed by atoms with Gasteiger partial charge >= 0.3 is 0 Å². The van der Waals surface area contributed by atoms with Gasteiger partial charge in [0.25, 0.3) is 0 Å². The topological polar surface area (TPSA) is 71.9 Å². The van der Waals surface area contributed by atoms with E-state index >= 15 is 0 Å². The van der Waals surface area contributed by atoms with Gasteiger partial charge in [-0.05, 0) is 70.1 Å². The van der Waals surface area contributed by atoms with E-state index in [-0.39, 0.29) is 6.61 Å². The van der Waals surface area contributed by atoms with Crippen LogP contribution in [-0.4, -0.2) is 71.4 Å². The first-order valence-corrected chi connectivity index (χ1v) is 13.0. The van der Waals surface area contributed by atoms with Crippen molar-refractivity contribution in [3.63, 3.8) is 0 Å². The van der Waals surface area contributed by atoms with Crippen molar-refractivity contribution in [1.29, 1.82) is 0 Å². The van der Waals surface area contributed by atoms with Crippen LogP contribution < -0.4 is 19.6 Å². The van der Waals surface area contributed by atoms with Crippen molar-refractivity contribution in [3.8, 4) is 0 Å². The lowest BCUT2D eigenvalue weighted by molar-refractivity contribution is 0.281. The van der Waals surface area contributed by atoms with E-state index in [4.69, 9.17) is 9.97 Å². The van der Waals surface area contributed by atoms with Gasteiger partial charge in [0.15, 0.2) is 0 Å². The Morgan fingerprint density at radius 1 is 0.853 bits per heavy atom. The molecule has 1 unspecified atom stereocenters. The molecule has 0 aliphatic carbocycles.